The number of para-hydroxylation sites is 1. The topological polar surface area (TPSA) is 97.1 Å². The monoisotopic (exact) mass is 282 g/mol. The van der Waals surface area contributed by atoms with Gasteiger partial charge in [0.15, 0.2) is 5.82 Å². The number of hydrogen-bond donors (Lipinski definition) is 2. The van der Waals surface area contributed by atoms with Crippen LogP contribution in [-0.4, -0.2) is 25.1 Å². The Hall–Kier alpha value is -1.93. The summed E-state index contributed by atoms with van der Waals surface area (Å²) in [5.41, 5.74) is 0.561. The maximum absolute atomic E-state index is 12.2. The fraction of sp³-hybridized carbons (Fsp3) is 0.273. The molecule has 2 aromatic rings. The molecular weight excluding hydrogens is 268 g/mol. The molecule has 7 nitrogen and oxygen atoms in total. The van der Waals surface area contributed by atoms with E-state index in [1.54, 1.807) is 18.2 Å². The van der Waals surface area contributed by atoms with Crippen LogP contribution in [0.15, 0.2) is 40.1 Å². The van der Waals surface area contributed by atoms with Gasteiger partial charge in [0.25, 0.3) is 0 Å². The van der Waals surface area contributed by atoms with E-state index in [9.17, 15) is 8.42 Å². The van der Waals surface area contributed by atoms with Crippen molar-refractivity contribution in [3.63, 3.8) is 0 Å². The van der Waals surface area contributed by atoms with Crippen molar-refractivity contribution in [2.24, 2.45) is 0 Å². The van der Waals surface area contributed by atoms with Crippen LogP contribution in [0.3, 0.4) is 0 Å². The number of sulfonamides is 1. The summed E-state index contributed by atoms with van der Waals surface area (Å²) in [5, 5.41) is 6.55. The van der Waals surface area contributed by atoms with Crippen LogP contribution in [0.2, 0.25) is 0 Å². The van der Waals surface area contributed by atoms with Gasteiger partial charge in [0.2, 0.25) is 16.4 Å². The minimum Gasteiger partial charge on any atom is -0.384 e. The van der Waals surface area contributed by atoms with Gasteiger partial charge in [-0.2, -0.15) is 4.98 Å². The molecule has 2 N–H and O–H groups in total. The average Bonchev–Trinajstić information content (AvgIpc) is 2.91. The standard InChI is InChI=1S/C11H14N4O3S/c1-2-12-9-5-3-4-6-10(9)19(16,17)14-7-11-13-8-18-15-11/h3-6,8,12,14H,2,7H2,1H3. The molecule has 1 aromatic heterocycles. The van der Waals surface area contributed by atoms with Gasteiger partial charge in [-0.05, 0) is 19.1 Å². The maximum atomic E-state index is 12.2. The Kier molecular flexibility index (Phi) is 4.13. The number of rotatable bonds is 6. The van der Waals surface area contributed by atoms with Crippen molar-refractivity contribution in [2.75, 3.05) is 11.9 Å². The van der Waals surface area contributed by atoms with E-state index in [-0.39, 0.29) is 17.3 Å². The number of benzene rings is 1. The predicted octanol–water partition coefficient (Wildman–Crippen LogP) is 0.980. The first-order valence-electron chi connectivity index (χ1n) is 5.71. The molecule has 8 heteroatoms. The van der Waals surface area contributed by atoms with E-state index in [2.05, 4.69) is 24.7 Å². The van der Waals surface area contributed by atoms with Gasteiger partial charge in [0, 0.05) is 6.54 Å². The lowest BCUT2D eigenvalue weighted by Crippen LogP contribution is -2.24. The van der Waals surface area contributed by atoms with Gasteiger partial charge in [0.1, 0.15) is 4.90 Å². The Bertz CT molecular complexity index is 625. The first kappa shape index (κ1) is 13.5. The second kappa shape index (κ2) is 5.81. The summed E-state index contributed by atoms with van der Waals surface area (Å²) in [6.45, 7) is 2.52. The predicted molar refractivity (Wildman–Crippen MR) is 68.9 cm³/mol. The summed E-state index contributed by atoms with van der Waals surface area (Å²) < 4.78 is 31.3. The van der Waals surface area contributed by atoms with Gasteiger partial charge >= 0.3 is 0 Å². The summed E-state index contributed by atoms with van der Waals surface area (Å²) >= 11 is 0. The third-order valence-corrected chi connectivity index (χ3v) is 3.83. The van der Waals surface area contributed by atoms with Crippen molar-refractivity contribution in [3.05, 3.63) is 36.5 Å². The number of anilines is 1. The minimum absolute atomic E-state index is 0.0146. The van der Waals surface area contributed by atoms with Crippen molar-refractivity contribution in [1.82, 2.24) is 14.9 Å². The molecule has 0 bridgehead atoms. The molecule has 0 atom stereocenters. The summed E-state index contributed by atoms with van der Waals surface area (Å²) in [6.07, 6.45) is 1.15. The highest BCUT2D eigenvalue weighted by atomic mass is 32.2. The molecule has 0 aliphatic rings. The zero-order chi connectivity index (χ0) is 13.7. The van der Waals surface area contributed by atoms with Crippen LogP contribution in [0.5, 0.6) is 0 Å². The van der Waals surface area contributed by atoms with E-state index in [1.165, 1.54) is 6.07 Å². The molecule has 0 radical (unpaired) electrons. The zero-order valence-electron chi connectivity index (χ0n) is 10.3. The van der Waals surface area contributed by atoms with Crippen molar-refractivity contribution < 1.29 is 12.9 Å². The van der Waals surface area contributed by atoms with E-state index >= 15 is 0 Å². The van der Waals surface area contributed by atoms with E-state index in [0.717, 1.165) is 6.39 Å². The second-order valence-corrected chi connectivity index (χ2v) is 5.43. The van der Waals surface area contributed by atoms with E-state index in [0.29, 0.717) is 12.2 Å². The van der Waals surface area contributed by atoms with Crippen LogP contribution < -0.4 is 10.0 Å². The molecule has 0 fully saturated rings. The lowest BCUT2D eigenvalue weighted by atomic mass is 10.3. The Balaban J connectivity index is 2.19. The summed E-state index contributed by atoms with van der Waals surface area (Å²) in [6, 6.07) is 6.70. The highest BCUT2D eigenvalue weighted by molar-refractivity contribution is 7.89. The molecule has 0 aliphatic carbocycles. The molecule has 19 heavy (non-hydrogen) atoms. The molecule has 1 aromatic carbocycles. The largest absolute Gasteiger partial charge is 0.384 e. The minimum atomic E-state index is -3.62. The molecule has 1 heterocycles. The smallest absolute Gasteiger partial charge is 0.243 e. The normalized spacial score (nSPS) is 11.4. The van der Waals surface area contributed by atoms with Crippen LogP contribution >= 0.6 is 0 Å². The van der Waals surface area contributed by atoms with Crippen LogP contribution in [0.25, 0.3) is 0 Å². The van der Waals surface area contributed by atoms with E-state index < -0.39 is 10.0 Å². The van der Waals surface area contributed by atoms with Gasteiger partial charge in [-0.15, -0.1) is 0 Å². The third-order valence-electron chi connectivity index (χ3n) is 2.37. The maximum Gasteiger partial charge on any atom is 0.243 e. The molecular formula is C11H14N4O3S. The molecule has 0 spiro atoms. The summed E-state index contributed by atoms with van der Waals surface area (Å²) in [4.78, 5) is 3.95. The molecule has 2 rings (SSSR count). The average molecular weight is 282 g/mol. The highest BCUT2D eigenvalue weighted by Gasteiger charge is 2.18. The lowest BCUT2D eigenvalue weighted by molar-refractivity contribution is 0.409. The summed E-state index contributed by atoms with van der Waals surface area (Å²) in [5.74, 6) is 0.282. The quantitative estimate of drug-likeness (QED) is 0.819. The molecule has 0 unspecified atom stereocenters. The van der Waals surface area contributed by atoms with E-state index in [1.807, 2.05) is 6.92 Å². The number of nitrogens with zero attached hydrogens (tertiary/aromatic N) is 2. The van der Waals surface area contributed by atoms with Gasteiger partial charge < -0.3 is 9.84 Å². The third kappa shape index (κ3) is 3.30. The molecule has 0 amide bonds. The zero-order valence-corrected chi connectivity index (χ0v) is 11.1. The van der Waals surface area contributed by atoms with Crippen LogP contribution in [-0.2, 0) is 16.6 Å². The highest BCUT2D eigenvalue weighted by Crippen LogP contribution is 2.20. The Morgan fingerprint density at radius 2 is 2.11 bits per heavy atom. The van der Waals surface area contributed by atoms with Crippen molar-refractivity contribution in [3.8, 4) is 0 Å². The van der Waals surface area contributed by atoms with E-state index in [4.69, 9.17) is 0 Å². The van der Waals surface area contributed by atoms with Crippen LogP contribution in [0.1, 0.15) is 12.7 Å². The first-order chi connectivity index (χ1) is 9.13. The molecule has 0 saturated heterocycles. The summed E-state index contributed by atoms with van der Waals surface area (Å²) in [7, 11) is -3.62. The first-order valence-corrected chi connectivity index (χ1v) is 7.19. The Labute approximate surface area is 111 Å². The van der Waals surface area contributed by atoms with Gasteiger partial charge in [-0.25, -0.2) is 13.1 Å². The van der Waals surface area contributed by atoms with Crippen molar-refractivity contribution in [1.29, 1.82) is 0 Å². The molecule has 0 saturated carbocycles. The van der Waals surface area contributed by atoms with Crippen molar-refractivity contribution in [2.45, 2.75) is 18.4 Å². The SMILES string of the molecule is CCNc1ccccc1S(=O)(=O)NCc1ncon1. The van der Waals surface area contributed by atoms with Gasteiger partial charge in [-0.1, -0.05) is 17.3 Å². The fourth-order valence-corrected chi connectivity index (χ4v) is 2.71. The van der Waals surface area contributed by atoms with Crippen LogP contribution in [0.4, 0.5) is 5.69 Å². The van der Waals surface area contributed by atoms with Gasteiger partial charge in [0.05, 0.1) is 12.2 Å². The lowest BCUT2D eigenvalue weighted by Gasteiger charge is -2.11. The Morgan fingerprint density at radius 3 is 2.79 bits per heavy atom. The van der Waals surface area contributed by atoms with Crippen molar-refractivity contribution >= 4 is 15.7 Å². The number of aromatic nitrogens is 2. The number of nitrogens with one attached hydrogen (secondary N) is 2. The second-order valence-electron chi connectivity index (χ2n) is 3.70. The fourth-order valence-electron chi connectivity index (χ4n) is 1.55. The Morgan fingerprint density at radius 1 is 1.32 bits per heavy atom. The molecule has 0 aliphatic heterocycles. The number of hydrogen-bond acceptors (Lipinski definition) is 6. The van der Waals surface area contributed by atoms with Gasteiger partial charge in [-0.3, -0.25) is 0 Å². The van der Waals surface area contributed by atoms with Crippen LogP contribution in [0, 0.1) is 0 Å². The molecule has 102 valence electrons.